The van der Waals surface area contributed by atoms with Crippen molar-refractivity contribution in [1.29, 1.82) is 0 Å². The van der Waals surface area contributed by atoms with Gasteiger partial charge in [0.25, 0.3) is 0 Å². The first-order valence-electron chi connectivity index (χ1n) is 8.14. The van der Waals surface area contributed by atoms with Gasteiger partial charge in [0.2, 0.25) is 0 Å². The van der Waals surface area contributed by atoms with Crippen LogP contribution in [0.1, 0.15) is 46.5 Å². The Hall–Kier alpha value is -0.120. The standard InChI is InChI=1S/C16H31N3/c1-15(2,3)13-6-8-19(10-13)16(11-17)7-9-18(12-16)14-4-5-14/h13-14H,4-12,17H2,1-3H3. The normalized spacial score (nSPS) is 38.2. The minimum Gasteiger partial charge on any atom is -0.329 e. The van der Waals surface area contributed by atoms with E-state index >= 15 is 0 Å². The van der Waals surface area contributed by atoms with Crippen molar-refractivity contribution in [3.63, 3.8) is 0 Å². The Morgan fingerprint density at radius 3 is 2.42 bits per heavy atom. The van der Waals surface area contributed by atoms with Crippen LogP contribution in [-0.4, -0.2) is 54.1 Å². The Morgan fingerprint density at radius 1 is 1.16 bits per heavy atom. The molecule has 0 aromatic rings. The van der Waals surface area contributed by atoms with E-state index in [0.29, 0.717) is 11.0 Å². The summed E-state index contributed by atoms with van der Waals surface area (Å²) in [5, 5.41) is 0. The lowest BCUT2D eigenvalue weighted by Gasteiger charge is -2.39. The van der Waals surface area contributed by atoms with Crippen LogP contribution in [0, 0.1) is 11.3 Å². The molecule has 0 amide bonds. The van der Waals surface area contributed by atoms with E-state index in [1.807, 2.05) is 0 Å². The van der Waals surface area contributed by atoms with E-state index in [2.05, 4.69) is 30.6 Å². The molecule has 1 saturated carbocycles. The summed E-state index contributed by atoms with van der Waals surface area (Å²) < 4.78 is 0. The Morgan fingerprint density at radius 2 is 1.89 bits per heavy atom. The average Bonchev–Trinajstić information content (AvgIpc) is 2.93. The third kappa shape index (κ3) is 2.57. The zero-order valence-electron chi connectivity index (χ0n) is 13.0. The molecule has 19 heavy (non-hydrogen) atoms. The van der Waals surface area contributed by atoms with Crippen LogP contribution in [0.25, 0.3) is 0 Å². The molecular formula is C16H31N3. The van der Waals surface area contributed by atoms with Crippen LogP contribution in [0.4, 0.5) is 0 Å². The average molecular weight is 265 g/mol. The van der Waals surface area contributed by atoms with E-state index in [1.165, 1.54) is 51.9 Å². The molecule has 0 bridgehead atoms. The highest BCUT2D eigenvalue weighted by Gasteiger charge is 2.48. The van der Waals surface area contributed by atoms with Crippen molar-refractivity contribution in [2.45, 2.75) is 58.0 Å². The van der Waals surface area contributed by atoms with Gasteiger partial charge in [-0.2, -0.15) is 0 Å². The predicted octanol–water partition coefficient (Wildman–Crippen LogP) is 1.92. The summed E-state index contributed by atoms with van der Waals surface area (Å²) in [5.74, 6) is 0.839. The van der Waals surface area contributed by atoms with Gasteiger partial charge in [0.1, 0.15) is 0 Å². The van der Waals surface area contributed by atoms with Crippen LogP contribution >= 0.6 is 0 Å². The van der Waals surface area contributed by atoms with E-state index in [4.69, 9.17) is 5.73 Å². The minimum atomic E-state index is 0.294. The largest absolute Gasteiger partial charge is 0.329 e. The molecule has 0 radical (unpaired) electrons. The molecule has 3 nitrogen and oxygen atoms in total. The lowest BCUT2D eigenvalue weighted by molar-refractivity contribution is 0.110. The third-order valence-corrected chi connectivity index (χ3v) is 5.89. The molecule has 3 rings (SSSR count). The first-order chi connectivity index (χ1) is 8.94. The van der Waals surface area contributed by atoms with E-state index in [1.54, 1.807) is 0 Å². The van der Waals surface area contributed by atoms with Gasteiger partial charge in [-0.05, 0) is 43.6 Å². The third-order valence-electron chi connectivity index (χ3n) is 5.89. The van der Waals surface area contributed by atoms with Gasteiger partial charge in [0.05, 0.1) is 0 Å². The van der Waals surface area contributed by atoms with Crippen LogP contribution in [0.5, 0.6) is 0 Å². The summed E-state index contributed by atoms with van der Waals surface area (Å²) in [6.07, 6.45) is 5.49. The molecule has 110 valence electrons. The molecule has 0 aromatic carbocycles. The topological polar surface area (TPSA) is 32.5 Å². The number of rotatable bonds is 3. The lowest BCUT2D eigenvalue weighted by Crippen LogP contribution is -2.55. The van der Waals surface area contributed by atoms with Gasteiger partial charge >= 0.3 is 0 Å². The van der Waals surface area contributed by atoms with Crippen LogP contribution in [-0.2, 0) is 0 Å². The summed E-state index contributed by atoms with van der Waals surface area (Å²) in [6, 6.07) is 0.898. The zero-order valence-corrected chi connectivity index (χ0v) is 13.0. The second-order valence-electron chi connectivity index (χ2n) is 8.18. The predicted molar refractivity (Wildman–Crippen MR) is 80.1 cm³/mol. The van der Waals surface area contributed by atoms with Crippen LogP contribution in [0.15, 0.2) is 0 Å². The smallest absolute Gasteiger partial charge is 0.0470 e. The number of hydrogen-bond donors (Lipinski definition) is 1. The Balaban J connectivity index is 1.66. The molecule has 0 aromatic heterocycles. The zero-order chi connectivity index (χ0) is 13.7. The molecule has 3 heteroatoms. The van der Waals surface area contributed by atoms with Crippen molar-refractivity contribution in [1.82, 2.24) is 9.80 Å². The van der Waals surface area contributed by atoms with E-state index in [-0.39, 0.29) is 0 Å². The molecule has 0 spiro atoms. The van der Waals surface area contributed by atoms with Gasteiger partial charge in [-0.3, -0.25) is 9.80 Å². The second-order valence-corrected chi connectivity index (χ2v) is 8.18. The first kappa shape index (κ1) is 13.8. The Kier molecular flexibility index (Phi) is 3.43. The van der Waals surface area contributed by atoms with Gasteiger partial charge in [0, 0.05) is 37.8 Å². The van der Waals surface area contributed by atoms with Crippen molar-refractivity contribution in [2.24, 2.45) is 17.1 Å². The maximum Gasteiger partial charge on any atom is 0.0470 e. The van der Waals surface area contributed by atoms with Crippen molar-refractivity contribution < 1.29 is 0 Å². The highest BCUT2D eigenvalue weighted by atomic mass is 15.3. The number of likely N-dealkylation sites (tertiary alicyclic amines) is 2. The van der Waals surface area contributed by atoms with E-state index in [0.717, 1.165) is 18.5 Å². The van der Waals surface area contributed by atoms with Gasteiger partial charge in [-0.1, -0.05) is 20.8 Å². The van der Waals surface area contributed by atoms with Gasteiger partial charge in [-0.25, -0.2) is 0 Å². The van der Waals surface area contributed by atoms with Crippen LogP contribution < -0.4 is 5.73 Å². The van der Waals surface area contributed by atoms with Crippen molar-refractivity contribution in [3.05, 3.63) is 0 Å². The number of hydrogen-bond acceptors (Lipinski definition) is 3. The molecule has 2 heterocycles. The number of nitrogens with zero attached hydrogens (tertiary/aromatic N) is 2. The monoisotopic (exact) mass is 265 g/mol. The van der Waals surface area contributed by atoms with Gasteiger partial charge < -0.3 is 5.73 Å². The quantitative estimate of drug-likeness (QED) is 0.846. The van der Waals surface area contributed by atoms with Crippen molar-refractivity contribution in [2.75, 3.05) is 32.7 Å². The molecule has 2 unspecified atom stereocenters. The fourth-order valence-electron chi connectivity index (χ4n) is 4.09. The molecule has 2 saturated heterocycles. The highest BCUT2D eigenvalue weighted by molar-refractivity contribution is 5.05. The lowest BCUT2D eigenvalue weighted by atomic mass is 9.80. The molecule has 2 atom stereocenters. The highest BCUT2D eigenvalue weighted by Crippen LogP contribution is 2.41. The van der Waals surface area contributed by atoms with Gasteiger partial charge in [-0.15, -0.1) is 0 Å². The summed E-state index contributed by atoms with van der Waals surface area (Å²) in [4.78, 5) is 5.45. The van der Waals surface area contributed by atoms with Crippen molar-refractivity contribution in [3.8, 4) is 0 Å². The van der Waals surface area contributed by atoms with Crippen LogP contribution in [0.3, 0.4) is 0 Å². The molecule has 2 N–H and O–H groups in total. The van der Waals surface area contributed by atoms with Crippen molar-refractivity contribution >= 4 is 0 Å². The van der Waals surface area contributed by atoms with E-state index < -0.39 is 0 Å². The fourth-order valence-corrected chi connectivity index (χ4v) is 4.09. The maximum absolute atomic E-state index is 6.22. The molecule has 2 aliphatic heterocycles. The van der Waals surface area contributed by atoms with Crippen LogP contribution in [0.2, 0.25) is 0 Å². The Bertz CT molecular complexity index is 331. The fraction of sp³-hybridized carbons (Fsp3) is 1.00. The summed E-state index contributed by atoms with van der Waals surface area (Å²) in [7, 11) is 0. The SMILES string of the molecule is CC(C)(C)C1CCN(C2(CN)CCN(C3CC3)C2)C1. The summed E-state index contributed by atoms with van der Waals surface area (Å²) >= 11 is 0. The maximum atomic E-state index is 6.22. The summed E-state index contributed by atoms with van der Waals surface area (Å²) in [5.41, 5.74) is 6.96. The Labute approximate surface area is 118 Å². The first-order valence-corrected chi connectivity index (χ1v) is 8.14. The van der Waals surface area contributed by atoms with Gasteiger partial charge in [0.15, 0.2) is 0 Å². The minimum absolute atomic E-state index is 0.294. The molecule has 3 aliphatic rings. The summed E-state index contributed by atoms with van der Waals surface area (Å²) in [6.45, 7) is 13.0. The molecule has 3 fully saturated rings. The second kappa shape index (κ2) is 4.71. The molecular weight excluding hydrogens is 234 g/mol. The van der Waals surface area contributed by atoms with E-state index in [9.17, 15) is 0 Å². The number of nitrogens with two attached hydrogens (primary N) is 1. The molecule has 1 aliphatic carbocycles.